The molecule has 5 heteroatoms. The lowest BCUT2D eigenvalue weighted by molar-refractivity contribution is -0.182. The maximum Gasteiger partial charge on any atom is 0.134 e. The number of aliphatic hydroxyl groups is 1. The van der Waals surface area contributed by atoms with Gasteiger partial charge in [-0.3, -0.25) is 4.90 Å². The van der Waals surface area contributed by atoms with Crippen molar-refractivity contribution in [1.29, 1.82) is 0 Å². The van der Waals surface area contributed by atoms with Crippen LogP contribution in [0.25, 0.3) is 0 Å². The van der Waals surface area contributed by atoms with Crippen molar-refractivity contribution in [3.8, 4) is 5.75 Å². The third-order valence-electron chi connectivity index (χ3n) is 5.23. The molecule has 1 spiro atoms. The van der Waals surface area contributed by atoms with Crippen LogP contribution in [-0.2, 0) is 11.3 Å². The number of hydrogen-bond acceptors (Lipinski definition) is 4. The largest absolute Gasteiger partial charge is 0.506 e. The summed E-state index contributed by atoms with van der Waals surface area (Å²) in [4.78, 5) is 2.34. The lowest BCUT2D eigenvalue weighted by Crippen LogP contribution is -2.52. The molecule has 0 aliphatic carbocycles. The first-order chi connectivity index (χ1) is 11.0. The van der Waals surface area contributed by atoms with Gasteiger partial charge < -0.3 is 14.9 Å². The molecule has 1 aromatic rings. The summed E-state index contributed by atoms with van der Waals surface area (Å²) in [5.74, 6) is 0.141. The molecule has 2 atom stereocenters. The summed E-state index contributed by atoms with van der Waals surface area (Å²) < 4.78 is 6.32. The molecule has 2 saturated heterocycles. The van der Waals surface area contributed by atoms with Crippen molar-refractivity contribution in [3.05, 3.63) is 28.8 Å². The smallest absolute Gasteiger partial charge is 0.134 e. The summed E-state index contributed by atoms with van der Waals surface area (Å²) in [6, 6.07) is 5.40. The molecule has 3 rings (SSSR count). The van der Waals surface area contributed by atoms with Gasteiger partial charge in [0.1, 0.15) is 5.75 Å². The molecule has 0 amide bonds. The molecule has 128 valence electrons. The van der Waals surface area contributed by atoms with Crippen LogP contribution in [0, 0.1) is 0 Å². The van der Waals surface area contributed by atoms with Crippen molar-refractivity contribution >= 4 is 11.6 Å². The fourth-order valence-electron chi connectivity index (χ4n) is 3.89. The Bertz CT molecular complexity index is 543. The van der Waals surface area contributed by atoms with Crippen LogP contribution in [0.3, 0.4) is 0 Å². The number of phenols is 1. The fraction of sp³-hybridized carbons (Fsp3) is 0.667. The molecule has 0 bridgehead atoms. The molecule has 2 fully saturated rings. The Balaban J connectivity index is 1.61. The minimum atomic E-state index is -0.235. The highest BCUT2D eigenvalue weighted by molar-refractivity contribution is 6.32. The van der Waals surface area contributed by atoms with Gasteiger partial charge in [0.25, 0.3) is 0 Å². The van der Waals surface area contributed by atoms with Crippen molar-refractivity contribution in [1.82, 2.24) is 4.90 Å². The molecule has 2 heterocycles. The van der Waals surface area contributed by atoms with Crippen molar-refractivity contribution in [2.24, 2.45) is 0 Å². The van der Waals surface area contributed by atoms with E-state index in [0.29, 0.717) is 5.02 Å². The van der Waals surface area contributed by atoms with E-state index in [1.54, 1.807) is 6.07 Å². The second-order valence-electron chi connectivity index (χ2n) is 6.95. The van der Waals surface area contributed by atoms with Gasteiger partial charge in [-0.25, -0.2) is 0 Å². The summed E-state index contributed by atoms with van der Waals surface area (Å²) in [5, 5.41) is 20.3. The summed E-state index contributed by atoms with van der Waals surface area (Å²) in [5.41, 5.74) is 0.802. The zero-order chi connectivity index (χ0) is 16.4. The molecule has 0 aromatic heterocycles. The van der Waals surface area contributed by atoms with Gasteiger partial charge in [-0.1, -0.05) is 30.7 Å². The molecular weight excluding hydrogens is 314 g/mol. The number of hydrogen-bond donors (Lipinski definition) is 2. The minimum Gasteiger partial charge on any atom is -0.506 e. The second kappa shape index (κ2) is 6.98. The summed E-state index contributed by atoms with van der Waals surface area (Å²) >= 11 is 6.18. The van der Waals surface area contributed by atoms with Gasteiger partial charge in [-0.2, -0.15) is 0 Å². The summed E-state index contributed by atoms with van der Waals surface area (Å²) in [6.07, 6.45) is 4.31. The van der Waals surface area contributed by atoms with Crippen LogP contribution in [0.5, 0.6) is 5.75 Å². The monoisotopic (exact) mass is 339 g/mol. The number of likely N-dealkylation sites (tertiary alicyclic amines) is 1. The van der Waals surface area contributed by atoms with Crippen molar-refractivity contribution in [3.63, 3.8) is 0 Å². The Hall–Kier alpha value is -0.810. The lowest BCUT2D eigenvalue weighted by Gasteiger charge is -2.48. The van der Waals surface area contributed by atoms with Crippen LogP contribution in [0.1, 0.15) is 44.6 Å². The van der Waals surface area contributed by atoms with Gasteiger partial charge in [0.15, 0.2) is 0 Å². The highest BCUT2D eigenvalue weighted by Crippen LogP contribution is 2.39. The summed E-state index contributed by atoms with van der Waals surface area (Å²) in [7, 11) is 0. The molecule has 1 aromatic carbocycles. The first-order valence-corrected chi connectivity index (χ1v) is 8.94. The zero-order valence-corrected chi connectivity index (χ0v) is 14.4. The van der Waals surface area contributed by atoms with Crippen molar-refractivity contribution in [2.45, 2.75) is 63.4 Å². The average molecular weight is 340 g/mol. The van der Waals surface area contributed by atoms with E-state index in [-0.39, 0.29) is 23.6 Å². The van der Waals surface area contributed by atoms with Gasteiger partial charge in [0.05, 0.1) is 22.8 Å². The van der Waals surface area contributed by atoms with Crippen LogP contribution < -0.4 is 0 Å². The predicted molar refractivity (Wildman–Crippen MR) is 90.8 cm³/mol. The maximum absolute atomic E-state index is 10.2. The number of piperidine rings is 1. The molecule has 2 aliphatic rings. The Morgan fingerprint density at radius 1 is 1.35 bits per heavy atom. The first kappa shape index (κ1) is 17.0. The Kier molecular flexibility index (Phi) is 5.16. The van der Waals surface area contributed by atoms with Gasteiger partial charge in [-0.15, -0.1) is 0 Å². The number of phenolic OH excluding ortho intramolecular Hbond substituents is 1. The molecule has 2 aliphatic heterocycles. The Morgan fingerprint density at radius 2 is 2.09 bits per heavy atom. The molecule has 2 N–H and O–H groups in total. The second-order valence-corrected chi connectivity index (χ2v) is 7.33. The third-order valence-corrected chi connectivity index (χ3v) is 5.67. The standard InChI is InChI=1S/C18H26ClNO3/c1-2-15-10-14(21)11-18(23-15)6-8-20(9-7-18)12-13-4-3-5-16(22)17(13)19/h3-5,14-15,21-22H,2,6-12H2,1H3/t14-,15+/m1/s1. The topological polar surface area (TPSA) is 52.9 Å². The van der Waals surface area contributed by atoms with Gasteiger partial charge >= 0.3 is 0 Å². The number of ether oxygens (including phenoxy) is 1. The van der Waals surface area contributed by atoms with E-state index in [9.17, 15) is 10.2 Å². The SMILES string of the molecule is CC[C@H]1C[C@@H](O)CC2(CCN(Cc3cccc(O)c3Cl)CC2)O1. The zero-order valence-electron chi connectivity index (χ0n) is 13.7. The van der Waals surface area contributed by atoms with Crippen LogP contribution in [0.4, 0.5) is 0 Å². The highest BCUT2D eigenvalue weighted by atomic mass is 35.5. The van der Waals surface area contributed by atoms with Crippen LogP contribution in [-0.4, -0.2) is 46.0 Å². The van der Waals surface area contributed by atoms with E-state index in [0.717, 1.165) is 57.3 Å². The normalized spacial score (nSPS) is 28.1. The van der Waals surface area contributed by atoms with Crippen LogP contribution in [0.15, 0.2) is 18.2 Å². The van der Waals surface area contributed by atoms with Gasteiger partial charge in [0.2, 0.25) is 0 Å². The highest BCUT2D eigenvalue weighted by Gasteiger charge is 2.42. The van der Waals surface area contributed by atoms with Gasteiger partial charge in [-0.05, 0) is 37.3 Å². The van der Waals surface area contributed by atoms with E-state index >= 15 is 0 Å². The van der Waals surface area contributed by atoms with E-state index in [2.05, 4.69) is 11.8 Å². The summed E-state index contributed by atoms with van der Waals surface area (Å²) in [6.45, 7) is 4.71. The van der Waals surface area contributed by atoms with Gasteiger partial charge in [0, 0.05) is 26.1 Å². The third kappa shape index (κ3) is 3.82. The fourth-order valence-corrected chi connectivity index (χ4v) is 4.07. The molecule has 0 saturated carbocycles. The van der Waals surface area contributed by atoms with Crippen molar-refractivity contribution in [2.75, 3.05) is 13.1 Å². The maximum atomic E-state index is 10.2. The van der Waals surface area contributed by atoms with E-state index in [4.69, 9.17) is 16.3 Å². The number of benzene rings is 1. The van der Waals surface area contributed by atoms with E-state index in [1.165, 1.54) is 0 Å². The number of halogens is 1. The quantitative estimate of drug-likeness (QED) is 0.887. The number of nitrogens with zero attached hydrogens (tertiary/aromatic N) is 1. The minimum absolute atomic E-state index is 0.141. The molecule has 0 radical (unpaired) electrons. The lowest BCUT2D eigenvalue weighted by atomic mass is 9.81. The van der Waals surface area contributed by atoms with E-state index in [1.807, 2.05) is 12.1 Å². The van der Waals surface area contributed by atoms with E-state index < -0.39 is 0 Å². The molecule has 0 unspecified atom stereocenters. The van der Waals surface area contributed by atoms with Crippen LogP contribution >= 0.6 is 11.6 Å². The number of aromatic hydroxyl groups is 1. The first-order valence-electron chi connectivity index (χ1n) is 8.56. The molecule has 4 nitrogen and oxygen atoms in total. The van der Waals surface area contributed by atoms with Crippen LogP contribution in [0.2, 0.25) is 5.02 Å². The average Bonchev–Trinajstić information content (AvgIpc) is 2.53. The number of rotatable bonds is 3. The molecular formula is C18H26ClNO3. The van der Waals surface area contributed by atoms with Crippen molar-refractivity contribution < 1.29 is 14.9 Å². The molecule has 23 heavy (non-hydrogen) atoms. The predicted octanol–water partition coefficient (Wildman–Crippen LogP) is 3.33. The Morgan fingerprint density at radius 3 is 2.78 bits per heavy atom. The number of aliphatic hydroxyl groups excluding tert-OH is 1. The Labute approximate surface area is 143 Å².